The topological polar surface area (TPSA) is 68.9 Å². The fourth-order valence-electron chi connectivity index (χ4n) is 2.28. The molecule has 0 saturated heterocycles. The summed E-state index contributed by atoms with van der Waals surface area (Å²) in [6.07, 6.45) is 0. The van der Waals surface area contributed by atoms with Crippen LogP contribution in [0.4, 0.5) is 0 Å². The zero-order valence-corrected chi connectivity index (χ0v) is 10.9. The molecular formula is C14H18N2O2. The SMILES string of the molecule is Cc1cc(C)cc(-c2[nH][nH]c(=O)c2[C@H](C)CO)c1. The van der Waals surface area contributed by atoms with Crippen LogP contribution in [0, 0.1) is 13.8 Å². The molecule has 18 heavy (non-hydrogen) atoms. The molecule has 1 atom stereocenters. The van der Waals surface area contributed by atoms with Crippen molar-refractivity contribution < 1.29 is 5.11 Å². The lowest BCUT2D eigenvalue weighted by Gasteiger charge is -2.09. The molecule has 1 aromatic heterocycles. The summed E-state index contributed by atoms with van der Waals surface area (Å²) in [5.41, 5.74) is 4.49. The highest BCUT2D eigenvalue weighted by molar-refractivity contribution is 5.65. The quantitative estimate of drug-likeness (QED) is 0.776. The van der Waals surface area contributed by atoms with Crippen LogP contribution in [0.2, 0.25) is 0 Å². The zero-order valence-electron chi connectivity index (χ0n) is 10.9. The summed E-state index contributed by atoms with van der Waals surface area (Å²) in [5.74, 6) is -0.184. The van der Waals surface area contributed by atoms with Crippen LogP contribution in [0.3, 0.4) is 0 Å². The lowest BCUT2D eigenvalue weighted by molar-refractivity contribution is 0.273. The van der Waals surface area contributed by atoms with Crippen LogP contribution in [0.1, 0.15) is 29.5 Å². The average Bonchev–Trinajstić information content (AvgIpc) is 2.69. The van der Waals surface area contributed by atoms with Gasteiger partial charge in [0.05, 0.1) is 5.69 Å². The smallest absolute Gasteiger partial charge is 0.268 e. The molecule has 3 N–H and O–H groups in total. The predicted octanol–water partition coefficient (Wildman–Crippen LogP) is 2.08. The van der Waals surface area contributed by atoms with Crippen molar-refractivity contribution in [2.75, 3.05) is 6.61 Å². The number of benzene rings is 1. The lowest BCUT2D eigenvalue weighted by atomic mass is 9.96. The Morgan fingerprint density at radius 2 is 1.78 bits per heavy atom. The third-order valence-electron chi connectivity index (χ3n) is 3.09. The first-order valence-corrected chi connectivity index (χ1v) is 6.03. The summed E-state index contributed by atoms with van der Waals surface area (Å²) in [6.45, 7) is 5.84. The van der Waals surface area contributed by atoms with E-state index in [1.54, 1.807) is 0 Å². The standard InChI is InChI=1S/C14H18N2O2/c1-8-4-9(2)6-11(5-8)13-12(10(3)7-17)14(18)16-15-13/h4-6,10,17H,7H2,1-3H3,(H2,15,16,18)/t10-/m1/s1. The molecule has 0 unspecified atom stereocenters. The number of rotatable bonds is 3. The van der Waals surface area contributed by atoms with Crippen molar-refractivity contribution in [3.63, 3.8) is 0 Å². The fourth-order valence-corrected chi connectivity index (χ4v) is 2.28. The van der Waals surface area contributed by atoms with Crippen LogP contribution in [0.25, 0.3) is 11.3 Å². The number of aryl methyl sites for hydroxylation is 2. The molecule has 0 fully saturated rings. The van der Waals surface area contributed by atoms with Gasteiger partial charge in [0, 0.05) is 23.7 Å². The molecule has 0 bridgehead atoms. The van der Waals surface area contributed by atoms with Crippen molar-refractivity contribution >= 4 is 0 Å². The summed E-state index contributed by atoms with van der Waals surface area (Å²) < 4.78 is 0. The number of H-pyrrole nitrogens is 2. The Balaban J connectivity index is 2.61. The van der Waals surface area contributed by atoms with Gasteiger partial charge in [0.25, 0.3) is 5.56 Å². The van der Waals surface area contributed by atoms with Crippen LogP contribution < -0.4 is 5.56 Å². The molecule has 4 nitrogen and oxygen atoms in total. The Kier molecular flexibility index (Phi) is 3.39. The highest BCUT2D eigenvalue weighted by atomic mass is 16.3. The average molecular weight is 246 g/mol. The number of nitrogens with one attached hydrogen (secondary N) is 2. The molecule has 4 heteroatoms. The van der Waals surface area contributed by atoms with E-state index in [1.165, 1.54) is 0 Å². The largest absolute Gasteiger partial charge is 0.396 e. The van der Waals surface area contributed by atoms with Crippen molar-refractivity contribution in [3.8, 4) is 11.3 Å². The Bertz CT molecular complexity index is 590. The lowest BCUT2D eigenvalue weighted by Crippen LogP contribution is -2.12. The van der Waals surface area contributed by atoms with Gasteiger partial charge in [-0.25, -0.2) is 0 Å². The summed E-state index contributed by atoms with van der Waals surface area (Å²) in [6, 6.07) is 6.14. The van der Waals surface area contributed by atoms with Crippen LogP contribution >= 0.6 is 0 Å². The van der Waals surface area contributed by atoms with Crippen molar-refractivity contribution in [1.29, 1.82) is 0 Å². The molecule has 96 valence electrons. The summed E-state index contributed by atoms with van der Waals surface area (Å²) in [5, 5.41) is 14.8. The van der Waals surface area contributed by atoms with Gasteiger partial charge in [0.2, 0.25) is 0 Å². The van der Waals surface area contributed by atoms with Crippen LogP contribution in [0.5, 0.6) is 0 Å². The van der Waals surface area contributed by atoms with Crippen molar-refractivity contribution in [2.45, 2.75) is 26.7 Å². The van der Waals surface area contributed by atoms with E-state index in [0.717, 1.165) is 22.4 Å². The van der Waals surface area contributed by atoms with Gasteiger partial charge in [-0.2, -0.15) is 0 Å². The van der Waals surface area contributed by atoms with Crippen molar-refractivity contribution in [3.05, 3.63) is 45.2 Å². The number of hydrogen-bond donors (Lipinski definition) is 3. The molecule has 0 amide bonds. The Morgan fingerprint density at radius 3 is 2.33 bits per heavy atom. The second-order valence-corrected chi connectivity index (χ2v) is 4.83. The van der Waals surface area contributed by atoms with E-state index in [9.17, 15) is 9.90 Å². The third-order valence-corrected chi connectivity index (χ3v) is 3.09. The molecular weight excluding hydrogens is 228 g/mol. The first-order valence-electron chi connectivity index (χ1n) is 6.03. The number of hydrogen-bond acceptors (Lipinski definition) is 2. The minimum Gasteiger partial charge on any atom is -0.396 e. The first-order chi connectivity index (χ1) is 8.52. The Morgan fingerprint density at radius 1 is 1.17 bits per heavy atom. The van der Waals surface area contributed by atoms with Crippen LogP contribution in [-0.4, -0.2) is 21.9 Å². The molecule has 0 spiro atoms. The maximum atomic E-state index is 11.8. The van der Waals surface area contributed by atoms with E-state index in [-0.39, 0.29) is 18.1 Å². The highest BCUT2D eigenvalue weighted by Crippen LogP contribution is 2.26. The molecule has 1 heterocycles. The van der Waals surface area contributed by atoms with Gasteiger partial charge in [-0.15, -0.1) is 0 Å². The minimum absolute atomic E-state index is 0.0429. The Hall–Kier alpha value is -1.81. The molecule has 0 aliphatic heterocycles. The summed E-state index contributed by atoms with van der Waals surface area (Å²) in [7, 11) is 0. The Labute approximate surface area is 106 Å². The zero-order chi connectivity index (χ0) is 13.3. The highest BCUT2D eigenvalue weighted by Gasteiger charge is 2.17. The van der Waals surface area contributed by atoms with E-state index in [0.29, 0.717) is 5.56 Å². The predicted molar refractivity (Wildman–Crippen MR) is 71.8 cm³/mol. The number of aromatic nitrogens is 2. The number of aromatic amines is 2. The van der Waals surface area contributed by atoms with E-state index < -0.39 is 0 Å². The van der Waals surface area contributed by atoms with Crippen LogP contribution in [-0.2, 0) is 0 Å². The third kappa shape index (κ3) is 2.24. The van der Waals surface area contributed by atoms with Gasteiger partial charge in [0.15, 0.2) is 0 Å². The number of aliphatic hydroxyl groups is 1. The van der Waals surface area contributed by atoms with E-state index in [4.69, 9.17) is 0 Å². The second kappa shape index (κ2) is 4.82. The van der Waals surface area contributed by atoms with Gasteiger partial charge in [-0.05, 0) is 26.0 Å². The fraction of sp³-hybridized carbons (Fsp3) is 0.357. The molecule has 0 saturated carbocycles. The van der Waals surface area contributed by atoms with Gasteiger partial charge in [0.1, 0.15) is 0 Å². The van der Waals surface area contributed by atoms with E-state index in [2.05, 4.69) is 16.3 Å². The maximum absolute atomic E-state index is 11.8. The van der Waals surface area contributed by atoms with Gasteiger partial charge in [-0.1, -0.05) is 24.1 Å². The van der Waals surface area contributed by atoms with Gasteiger partial charge in [-0.3, -0.25) is 15.0 Å². The number of aliphatic hydroxyl groups excluding tert-OH is 1. The second-order valence-electron chi connectivity index (χ2n) is 4.83. The van der Waals surface area contributed by atoms with Gasteiger partial charge < -0.3 is 5.11 Å². The molecule has 2 rings (SSSR count). The van der Waals surface area contributed by atoms with E-state index >= 15 is 0 Å². The van der Waals surface area contributed by atoms with Crippen molar-refractivity contribution in [2.24, 2.45) is 0 Å². The molecule has 0 aliphatic rings. The van der Waals surface area contributed by atoms with E-state index in [1.807, 2.05) is 32.9 Å². The molecule has 0 radical (unpaired) electrons. The molecule has 1 aromatic carbocycles. The first kappa shape index (κ1) is 12.6. The minimum atomic E-state index is -0.184. The molecule has 0 aliphatic carbocycles. The monoisotopic (exact) mass is 246 g/mol. The summed E-state index contributed by atoms with van der Waals surface area (Å²) >= 11 is 0. The van der Waals surface area contributed by atoms with Crippen molar-refractivity contribution in [1.82, 2.24) is 10.2 Å². The maximum Gasteiger partial charge on any atom is 0.268 e. The summed E-state index contributed by atoms with van der Waals surface area (Å²) in [4.78, 5) is 11.8. The van der Waals surface area contributed by atoms with Gasteiger partial charge >= 0.3 is 0 Å². The van der Waals surface area contributed by atoms with Crippen LogP contribution in [0.15, 0.2) is 23.0 Å². The normalized spacial score (nSPS) is 12.7. The molecule has 2 aromatic rings.